The minimum atomic E-state index is -1.53. The molecule has 1 aliphatic carbocycles. The van der Waals surface area contributed by atoms with Gasteiger partial charge in [0.1, 0.15) is 0 Å². The fourth-order valence-electron chi connectivity index (χ4n) is 0.972. The van der Waals surface area contributed by atoms with Crippen LogP contribution in [0.1, 0.15) is 6.42 Å². The summed E-state index contributed by atoms with van der Waals surface area (Å²) in [7, 11) is 1.23. The van der Waals surface area contributed by atoms with Crippen LogP contribution in [0.25, 0.3) is 0 Å². The molecule has 0 fully saturated rings. The molecule has 0 radical (unpaired) electrons. The van der Waals surface area contributed by atoms with Crippen LogP contribution >= 0.6 is 0 Å². The van der Waals surface area contributed by atoms with Gasteiger partial charge < -0.3 is 15.6 Å². The van der Waals surface area contributed by atoms with Crippen molar-refractivity contribution in [2.45, 2.75) is 12.0 Å². The fourth-order valence-corrected chi connectivity index (χ4v) is 0.972. The first-order valence-electron chi connectivity index (χ1n) is 3.54. The van der Waals surface area contributed by atoms with Crippen LogP contribution in [-0.4, -0.2) is 23.8 Å². The molecule has 0 aromatic carbocycles. The van der Waals surface area contributed by atoms with Crippen LogP contribution in [0.5, 0.6) is 0 Å². The Morgan fingerprint density at radius 2 is 2.50 bits per heavy atom. The number of rotatable bonds is 1. The third-order valence-electron chi connectivity index (χ3n) is 1.74. The number of methoxy groups -OCH3 is 1. The predicted octanol–water partition coefficient (Wildman–Crippen LogP) is -0.307. The third kappa shape index (κ3) is 1.48. The Hall–Kier alpha value is -1.29. The summed E-state index contributed by atoms with van der Waals surface area (Å²) in [5, 5.41) is 9.60. The molecule has 0 aromatic heterocycles. The highest BCUT2D eigenvalue weighted by molar-refractivity contribution is 5.82. The van der Waals surface area contributed by atoms with Crippen LogP contribution in [0, 0.1) is 0 Å². The Bertz CT molecular complexity index is 257. The molecule has 1 unspecified atom stereocenters. The Morgan fingerprint density at radius 1 is 1.83 bits per heavy atom. The summed E-state index contributed by atoms with van der Waals surface area (Å²) in [5.74, 6) is -0.664. The maximum Gasteiger partial charge on any atom is 0.342 e. The van der Waals surface area contributed by atoms with E-state index in [1.54, 1.807) is 6.08 Å². The molecule has 12 heavy (non-hydrogen) atoms. The van der Waals surface area contributed by atoms with Gasteiger partial charge in [0, 0.05) is 12.1 Å². The molecule has 0 aliphatic heterocycles. The second kappa shape index (κ2) is 2.98. The van der Waals surface area contributed by atoms with Gasteiger partial charge in [-0.25, -0.2) is 4.79 Å². The van der Waals surface area contributed by atoms with Gasteiger partial charge in [-0.3, -0.25) is 0 Å². The van der Waals surface area contributed by atoms with Crippen LogP contribution in [-0.2, 0) is 9.53 Å². The molecule has 0 saturated heterocycles. The van der Waals surface area contributed by atoms with Crippen molar-refractivity contribution in [3.8, 4) is 0 Å². The SMILES string of the molecule is COC(=O)C1(O)C=CC(N)=CC1. The standard InChI is InChI=1S/C8H11NO3/c1-12-7(10)8(11)4-2-6(9)3-5-8/h2-4,11H,5,9H2,1H3. The summed E-state index contributed by atoms with van der Waals surface area (Å²) in [6.07, 6.45) is 4.58. The zero-order valence-electron chi connectivity index (χ0n) is 6.78. The smallest absolute Gasteiger partial charge is 0.342 e. The van der Waals surface area contributed by atoms with Crippen molar-refractivity contribution in [1.29, 1.82) is 0 Å². The molecule has 4 nitrogen and oxygen atoms in total. The molecule has 0 spiro atoms. The van der Waals surface area contributed by atoms with Crippen molar-refractivity contribution < 1.29 is 14.6 Å². The lowest BCUT2D eigenvalue weighted by Gasteiger charge is -2.22. The zero-order valence-corrected chi connectivity index (χ0v) is 6.78. The molecule has 0 amide bonds. The highest BCUT2D eigenvalue weighted by Gasteiger charge is 2.34. The minimum Gasteiger partial charge on any atom is -0.467 e. The van der Waals surface area contributed by atoms with Crippen molar-refractivity contribution in [1.82, 2.24) is 0 Å². The predicted molar refractivity (Wildman–Crippen MR) is 43.0 cm³/mol. The van der Waals surface area contributed by atoms with Gasteiger partial charge in [-0.15, -0.1) is 0 Å². The number of aliphatic hydroxyl groups is 1. The lowest BCUT2D eigenvalue weighted by Crippen LogP contribution is -2.38. The maximum atomic E-state index is 11.0. The van der Waals surface area contributed by atoms with Crippen LogP contribution in [0.2, 0.25) is 0 Å². The van der Waals surface area contributed by atoms with E-state index in [9.17, 15) is 9.90 Å². The van der Waals surface area contributed by atoms with Crippen molar-refractivity contribution in [2.75, 3.05) is 7.11 Å². The van der Waals surface area contributed by atoms with Gasteiger partial charge in [-0.05, 0) is 12.2 Å². The number of hydrogen-bond acceptors (Lipinski definition) is 4. The Balaban J connectivity index is 2.78. The second-order valence-electron chi connectivity index (χ2n) is 2.66. The van der Waals surface area contributed by atoms with E-state index in [-0.39, 0.29) is 6.42 Å². The van der Waals surface area contributed by atoms with Gasteiger partial charge in [0.25, 0.3) is 0 Å². The van der Waals surface area contributed by atoms with Crippen molar-refractivity contribution in [3.05, 3.63) is 23.9 Å². The summed E-state index contributed by atoms with van der Waals surface area (Å²) in [6, 6.07) is 0. The van der Waals surface area contributed by atoms with E-state index >= 15 is 0 Å². The van der Waals surface area contributed by atoms with E-state index in [0.717, 1.165) is 0 Å². The van der Waals surface area contributed by atoms with E-state index in [4.69, 9.17) is 5.73 Å². The Kier molecular flexibility index (Phi) is 2.19. The molecule has 0 aromatic rings. The fraction of sp³-hybridized carbons (Fsp3) is 0.375. The average molecular weight is 169 g/mol. The molecule has 3 N–H and O–H groups in total. The molecule has 1 aliphatic rings. The number of allylic oxidation sites excluding steroid dienone is 1. The molecule has 1 rings (SSSR count). The van der Waals surface area contributed by atoms with Gasteiger partial charge in [-0.1, -0.05) is 6.08 Å². The average Bonchev–Trinajstić information content (AvgIpc) is 2.09. The number of carbonyl (C=O) groups excluding carboxylic acids is 1. The number of ether oxygens (including phenoxy) is 1. The topological polar surface area (TPSA) is 72.5 Å². The summed E-state index contributed by atoms with van der Waals surface area (Å²) in [4.78, 5) is 11.0. The first-order chi connectivity index (χ1) is 5.58. The molecule has 1 atom stereocenters. The quantitative estimate of drug-likeness (QED) is 0.528. The van der Waals surface area contributed by atoms with Gasteiger partial charge in [0.15, 0.2) is 5.60 Å². The summed E-state index contributed by atoms with van der Waals surface area (Å²) in [5.41, 5.74) is 4.42. The van der Waals surface area contributed by atoms with Crippen molar-refractivity contribution in [3.63, 3.8) is 0 Å². The molecular weight excluding hydrogens is 158 g/mol. The number of nitrogens with two attached hydrogens (primary N) is 1. The largest absolute Gasteiger partial charge is 0.467 e. The van der Waals surface area contributed by atoms with Crippen LogP contribution < -0.4 is 5.73 Å². The summed E-state index contributed by atoms with van der Waals surface area (Å²) < 4.78 is 4.42. The molecular formula is C8H11NO3. The Morgan fingerprint density at radius 3 is 2.92 bits per heavy atom. The summed E-state index contributed by atoms with van der Waals surface area (Å²) >= 11 is 0. The molecule has 0 heterocycles. The van der Waals surface area contributed by atoms with Crippen molar-refractivity contribution in [2.24, 2.45) is 5.73 Å². The van der Waals surface area contributed by atoms with E-state index in [1.807, 2.05) is 0 Å². The molecule has 0 saturated carbocycles. The van der Waals surface area contributed by atoms with E-state index in [1.165, 1.54) is 19.3 Å². The van der Waals surface area contributed by atoms with Crippen LogP contribution in [0.15, 0.2) is 23.9 Å². The van der Waals surface area contributed by atoms with Crippen LogP contribution in [0.4, 0.5) is 0 Å². The first kappa shape index (κ1) is 8.80. The lowest BCUT2D eigenvalue weighted by molar-refractivity contribution is -0.157. The monoisotopic (exact) mass is 169 g/mol. The molecule has 4 heteroatoms. The zero-order chi connectivity index (χ0) is 9.19. The first-order valence-corrected chi connectivity index (χ1v) is 3.54. The minimum absolute atomic E-state index is 0.169. The van der Waals surface area contributed by atoms with Gasteiger partial charge in [0.2, 0.25) is 0 Å². The number of carbonyl (C=O) groups is 1. The van der Waals surface area contributed by atoms with Crippen molar-refractivity contribution >= 4 is 5.97 Å². The van der Waals surface area contributed by atoms with Gasteiger partial charge in [0.05, 0.1) is 7.11 Å². The van der Waals surface area contributed by atoms with E-state index in [2.05, 4.69) is 4.74 Å². The highest BCUT2D eigenvalue weighted by atomic mass is 16.5. The number of hydrogen-bond donors (Lipinski definition) is 2. The second-order valence-corrected chi connectivity index (χ2v) is 2.66. The maximum absolute atomic E-state index is 11.0. The highest BCUT2D eigenvalue weighted by Crippen LogP contribution is 2.20. The van der Waals surface area contributed by atoms with Gasteiger partial charge in [-0.2, -0.15) is 0 Å². The van der Waals surface area contributed by atoms with Crippen LogP contribution in [0.3, 0.4) is 0 Å². The normalized spacial score (nSPS) is 28.0. The number of esters is 1. The van der Waals surface area contributed by atoms with E-state index < -0.39 is 11.6 Å². The molecule has 0 bridgehead atoms. The third-order valence-corrected chi connectivity index (χ3v) is 1.74. The van der Waals surface area contributed by atoms with Gasteiger partial charge >= 0.3 is 5.97 Å². The molecule has 66 valence electrons. The van der Waals surface area contributed by atoms with E-state index in [0.29, 0.717) is 5.70 Å². The summed E-state index contributed by atoms with van der Waals surface area (Å²) in [6.45, 7) is 0. The Labute approximate surface area is 70.3 Å². The lowest BCUT2D eigenvalue weighted by atomic mass is 9.94.